The Kier molecular flexibility index (Phi) is 6.27. The molecule has 0 bridgehead atoms. The summed E-state index contributed by atoms with van der Waals surface area (Å²) >= 11 is 0. The van der Waals surface area contributed by atoms with Gasteiger partial charge in [0, 0.05) is 32.1 Å². The largest absolute Gasteiger partial charge is 0.345 e. The number of rotatable bonds is 7. The maximum Gasteiger partial charge on any atom is 0.345 e. The summed E-state index contributed by atoms with van der Waals surface area (Å²) in [4.78, 5) is 17.3. The van der Waals surface area contributed by atoms with Gasteiger partial charge in [-0.1, -0.05) is 30.3 Å². The lowest BCUT2D eigenvalue weighted by molar-refractivity contribution is 0.194. The molecule has 0 saturated carbocycles. The second-order valence-electron chi connectivity index (χ2n) is 7.47. The second-order valence-corrected chi connectivity index (χ2v) is 7.47. The van der Waals surface area contributed by atoms with Crippen LogP contribution in [0.5, 0.6) is 0 Å². The van der Waals surface area contributed by atoms with Crippen LogP contribution >= 0.6 is 0 Å². The van der Waals surface area contributed by atoms with Crippen LogP contribution in [0.2, 0.25) is 0 Å². The SMILES string of the molecule is CCn1c(C2CCCN(Cc3ccccc3)C2)nn(CCN(C)C)c1=O. The first-order chi connectivity index (χ1) is 12.6. The fourth-order valence-corrected chi connectivity index (χ4v) is 3.75. The number of likely N-dealkylation sites (N-methyl/N-ethyl adjacent to an activating group) is 1. The van der Waals surface area contributed by atoms with Crippen molar-refractivity contribution in [3.8, 4) is 0 Å². The van der Waals surface area contributed by atoms with Crippen molar-refractivity contribution in [3.05, 3.63) is 52.2 Å². The zero-order chi connectivity index (χ0) is 18.5. The standard InChI is InChI=1S/C20H31N5O/c1-4-24-19(21-25(20(24)26)14-13-22(2)3)18-11-8-12-23(16-18)15-17-9-6-5-7-10-17/h5-7,9-10,18H,4,8,11-16H2,1-3H3. The Balaban J connectivity index is 1.75. The Labute approximate surface area is 156 Å². The lowest BCUT2D eigenvalue weighted by Gasteiger charge is -2.32. The zero-order valence-electron chi connectivity index (χ0n) is 16.3. The van der Waals surface area contributed by atoms with E-state index in [-0.39, 0.29) is 5.69 Å². The topological polar surface area (TPSA) is 46.3 Å². The quantitative estimate of drug-likeness (QED) is 0.760. The molecule has 1 aromatic heterocycles. The van der Waals surface area contributed by atoms with Crippen molar-refractivity contribution >= 4 is 0 Å². The van der Waals surface area contributed by atoms with Crippen LogP contribution in [0.3, 0.4) is 0 Å². The van der Waals surface area contributed by atoms with Gasteiger partial charge in [-0.15, -0.1) is 0 Å². The summed E-state index contributed by atoms with van der Waals surface area (Å²) in [6.07, 6.45) is 2.26. The van der Waals surface area contributed by atoms with Crippen molar-refractivity contribution in [2.45, 2.75) is 45.3 Å². The van der Waals surface area contributed by atoms with E-state index in [1.54, 1.807) is 4.68 Å². The smallest absolute Gasteiger partial charge is 0.308 e. The molecule has 1 fully saturated rings. The summed E-state index contributed by atoms with van der Waals surface area (Å²) in [7, 11) is 4.04. The average Bonchev–Trinajstić information content (AvgIpc) is 2.97. The number of piperidine rings is 1. The first kappa shape index (κ1) is 18.9. The first-order valence-corrected chi connectivity index (χ1v) is 9.67. The normalized spacial score (nSPS) is 18.5. The third kappa shape index (κ3) is 4.43. The molecule has 1 atom stereocenters. The lowest BCUT2D eigenvalue weighted by Crippen LogP contribution is -2.35. The molecule has 0 amide bonds. The summed E-state index contributed by atoms with van der Waals surface area (Å²) in [5.74, 6) is 1.30. The summed E-state index contributed by atoms with van der Waals surface area (Å²) < 4.78 is 3.52. The Hall–Kier alpha value is -1.92. The van der Waals surface area contributed by atoms with Crippen LogP contribution in [-0.2, 0) is 19.6 Å². The van der Waals surface area contributed by atoms with Gasteiger partial charge in [0.15, 0.2) is 0 Å². The molecule has 2 aromatic rings. The third-order valence-corrected chi connectivity index (χ3v) is 5.15. The lowest BCUT2D eigenvalue weighted by atomic mass is 9.96. The molecule has 26 heavy (non-hydrogen) atoms. The van der Waals surface area contributed by atoms with Gasteiger partial charge in [0.05, 0.1) is 6.54 Å². The molecular weight excluding hydrogens is 326 g/mol. The predicted octanol–water partition coefficient (Wildman–Crippen LogP) is 2.01. The van der Waals surface area contributed by atoms with Gasteiger partial charge in [-0.25, -0.2) is 9.48 Å². The number of likely N-dealkylation sites (tertiary alicyclic amines) is 1. The van der Waals surface area contributed by atoms with E-state index < -0.39 is 0 Å². The maximum absolute atomic E-state index is 12.7. The molecule has 142 valence electrons. The van der Waals surface area contributed by atoms with Crippen molar-refractivity contribution in [2.24, 2.45) is 0 Å². The first-order valence-electron chi connectivity index (χ1n) is 9.67. The van der Waals surface area contributed by atoms with Gasteiger partial charge >= 0.3 is 5.69 Å². The highest BCUT2D eigenvalue weighted by Gasteiger charge is 2.27. The van der Waals surface area contributed by atoms with E-state index in [2.05, 4.69) is 40.1 Å². The molecule has 1 aliphatic heterocycles. The molecule has 1 aliphatic rings. The van der Waals surface area contributed by atoms with E-state index in [0.717, 1.165) is 44.8 Å². The van der Waals surface area contributed by atoms with Gasteiger partial charge < -0.3 is 4.90 Å². The zero-order valence-corrected chi connectivity index (χ0v) is 16.3. The number of hydrogen-bond donors (Lipinski definition) is 0. The molecule has 1 unspecified atom stereocenters. The molecule has 2 heterocycles. The third-order valence-electron chi connectivity index (χ3n) is 5.15. The fourth-order valence-electron chi connectivity index (χ4n) is 3.75. The molecule has 0 spiro atoms. The van der Waals surface area contributed by atoms with Crippen LogP contribution in [0, 0.1) is 0 Å². The monoisotopic (exact) mass is 357 g/mol. The number of aromatic nitrogens is 3. The molecule has 1 saturated heterocycles. The van der Waals surface area contributed by atoms with E-state index in [1.807, 2.05) is 25.6 Å². The molecule has 0 aliphatic carbocycles. The minimum absolute atomic E-state index is 0.0320. The maximum atomic E-state index is 12.7. The predicted molar refractivity (Wildman–Crippen MR) is 104 cm³/mol. The van der Waals surface area contributed by atoms with E-state index in [1.165, 1.54) is 5.56 Å². The summed E-state index contributed by atoms with van der Waals surface area (Å²) in [6.45, 7) is 7.24. The second kappa shape index (κ2) is 8.64. The van der Waals surface area contributed by atoms with Gasteiger partial charge in [-0.3, -0.25) is 9.47 Å². The Morgan fingerprint density at radius 1 is 1.23 bits per heavy atom. The molecule has 3 rings (SSSR count). The van der Waals surface area contributed by atoms with Gasteiger partial charge in [-0.2, -0.15) is 5.10 Å². The van der Waals surface area contributed by atoms with Gasteiger partial charge in [0.2, 0.25) is 0 Å². The summed E-state index contributed by atoms with van der Waals surface area (Å²) in [6, 6.07) is 10.6. The molecule has 6 heteroatoms. The Morgan fingerprint density at radius 2 is 2.00 bits per heavy atom. The van der Waals surface area contributed by atoms with Crippen LogP contribution < -0.4 is 5.69 Å². The highest BCUT2D eigenvalue weighted by molar-refractivity contribution is 5.15. The van der Waals surface area contributed by atoms with Crippen molar-refractivity contribution in [1.82, 2.24) is 24.1 Å². The van der Waals surface area contributed by atoms with Crippen LogP contribution in [0.1, 0.15) is 37.1 Å². The fraction of sp³-hybridized carbons (Fsp3) is 0.600. The number of nitrogens with zero attached hydrogens (tertiary/aromatic N) is 5. The molecule has 1 aromatic carbocycles. The van der Waals surface area contributed by atoms with Gasteiger partial charge in [0.25, 0.3) is 0 Å². The van der Waals surface area contributed by atoms with Gasteiger partial charge in [-0.05, 0) is 46.0 Å². The number of hydrogen-bond acceptors (Lipinski definition) is 4. The van der Waals surface area contributed by atoms with Crippen molar-refractivity contribution in [1.29, 1.82) is 0 Å². The van der Waals surface area contributed by atoms with E-state index in [4.69, 9.17) is 5.10 Å². The average molecular weight is 358 g/mol. The van der Waals surface area contributed by atoms with Crippen LogP contribution in [0.15, 0.2) is 35.1 Å². The summed E-state index contributed by atoms with van der Waals surface area (Å²) in [5.41, 5.74) is 1.38. The van der Waals surface area contributed by atoms with Crippen LogP contribution in [0.4, 0.5) is 0 Å². The molecular formula is C20H31N5O. The van der Waals surface area contributed by atoms with Crippen molar-refractivity contribution in [3.63, 3.8) is 0 Å². The van der Waals surface area contributed by atoms with E-state index >= 15 is 0 Å². The highest BCUT2D eigenvalue weighted by Crippen LogP contribution is 2.26. The van der Waals surface area contributed by atoms with Crippen LogP contribution in [-0.4, -0.2) is 57.9 Å². The van der Waals surface area contributed by atoms with E-state index in [0.29, 0.717) is 19.0 Å². The molecule has 0 radical (unpaired) electrons. The van der Waals surface area contributed by atoms with Gasteiger partial charge in [0.1, 0.15) is 5.82 Å². The minimum atomic E-state index is 0.0320. The summed E-state index contributed by atoms with van der Waals surface area (Å²) in [5, 5.41) is 4.73. The van der Waals surface area contributed by atoms with Crippen molar-refractivity contribution < 1.29 is 0 Å². The minimum Gasteiger partial charge on any atom is -0.308 e. The van der Waals surface area contributed by atoms with E-state index in [9.17, 15) is 4.79 Å². The van der Waals surface area contributed by atoms with Crippen LogP contribution in [0.25, 0.3) is 0 Å². The van der Waals surface area contributed by atoms with Crippen molar-refractivity contribution in [2.75, 3.05) is 33.7 Å². The molecule has 6 nitrogen and oxygen atoms in total. The Bertz CT molecular complexity index is 749. The Morgan fingerprint density at radius 3 is 2.69 bits per heavy atom. The number of benzene rings is 1. The molecule has 0 N–H and O–H groups in total. The highest BCUT2D eigenvalue weighted by atomic mass is 16.2.